The van der Waals surface area contributed by atoms with Crippen LogP contribution in [0.2, 0.25) is 0 Å². The van der Waals surface area contributed by atoms with E-state index < -0.39 is 11.9 Å². The maximum Gasteiger partial charge on any atom is 0.303 e. The van der Waals surface area contributed by atoms with Crippen molar-refractivity contribution in [3.05, 3.63) is 47.5 Å². The molecule has 0 heterocycles. The Morgan fingerprint density at radius 1 is 0.900 bits per heavy atom. The number of para-hydroxylation sites is 1. The predicted molar refractivity (Wildman–Crippen MR) is 113 cm³/mol. The highest BCUT2D eigenvalue weighted by atomic mass is 16.5. The number of carboxylic acids is 1. The fraction of sp³-hybridized carbons (Fsp3) is 0.364. The molecular formula is C22H28N2O6. The van der Waals surface area contributed by atoms with Gasteiger partial charge in [0.25, 0.3) is 0 Å². The van der Waals surface area contributed by atoms with Gasteiger partial charge in [0.05, 0.1) is 33.4 Å². The second-order valence-electron chi connectivity index (χ2n) is 6.54. The number of rotatable bonds is 12. The van der Waals surface area contributed by atoms with Crippen LogP contribution in [0.5, 0.6) is 17.2 Å². The first-order chi connectivity index (χ1) is 14.5. The van der Waals surface area contributed by atoms with Crippen LogP contribution >= 0.6 is 0 Å². The minimum Gasteiger partial charge on any atom is -0.496 e. The second-order valence-corrected chi connectivity index (χ2v) is 6.54. The smallest absolute Gasteiger partial charge is 0.303 e. The molecule has 0 aliphatic heterocycles. The highest BCUT2D eigenvalue weighted by molar-refractivity contribution is 5.94. The third kappa shape index (κ3) is 6.66. The maximum absolute atomic E-state index is 12.0. The zero-order valence-electron chi connectivity index (χ0n) is 17.5. The molecule has 3 N–H and O–H groups in total. The number of carboxylic acid groups (broad SMARTS) is 1. The van der Waals surface area contributed by atoms with Crippen LogP contribution in [0.3, 0.4) is 0 Å². The molecule has 0 saturated heterocycles. The number of carbonyl (C=O) groups is 2. The molecule has 2 aromatic rings. The molecule has 0 aliphatic rings. The number of ether oxygens (including phenoxy) is 3. The van der Waals surface area contributed by atoms with E-state index in [1.165, 1.54) is 7.11 Å². The van der Waals surface area contributed by atoms with Gasteiger partial charge in [0.2, 0.25) is 5.91 Å². The summed E-state index contributed by atoms with van der Waals surface area (Å²) in [5, 5.41) is 14.8. The molecule has 0 radical (unpaired) electrons. The Kier molecular flexibility index (Phi) is 8.96. The van der Waals surface area contributed by atoms with Crippen molar-refractivity contribution in [3.8, 4) is 17.2 Å². The first kappa shape index (κ1) is 23.0. The minimum atomic E-state index is -1.02. The van der Waals surface area contributed by atoms with Crippen molar-refractivity contribution in [2.24, 2.45) is 0 Å². The van der Waals surface area contributed by atoms with Crippen LogP contribution in [0.1, 0.15) is 24.0 Å². The van der Waals surface area contributed by atoms with Crippen LogP contribution in [0.25, 0.3) is 0 Å². The van der Waals surface area contributed by atoms with Crippen molar-refractivity contribution < 1.29 is 28.9 Å². The van der Waals surface area contributed by atoms with Gasteiger partial charge in [-0.3, -0.25) is 9.59 Å². The summed E-state index contributed by atoms with van der Waals surface area (Å²) in [6.45, 7) is 1.36. The summed E-state index contributed by atoms with van der Waals surface area (Å²) < 4.78 is 16.2. The highest BCUT2D eigenvalue weighted by Gasteiger charge is 2.14. The second kappa shape index (κ2) is 11.7. The fourth-order valence-electron chi connectivity index (χ4n) is 2.98. The number of amides is 1. The van der Waals surface area contributed by atoms with Crippen LogP contribution in [0, 0.1) is 0 Å². The van der Waals surface area contributed by atoms with Crippen LogP contribution in [-0.4, -0.2) is 44.9 Å². The molecule has 0 aromatic heterocycles. The Labute approximate surface area is 176 Å². The van der Waals surface area contributed by atoms with Crippen molar-refractivity contribution in [1.29, 1.82) is 0 Å². The molecule has 162 valence electrons. The molecule has 0 spiro atoms. The third-order valence-corrected chi connectivity index (χ3v) is 4.52. The topological polar surface area (TPSA) is 106 Å². The largest absolute Gasteiger partial charge is 0.496 e. The molecule has 0 bridgehead atoms. The van der Waals surface area contributed by atoms with E-state index in [4.69, 9.17) is 19.3 Å². The lowest BCUT2D eigenvalue weighted by Gasteiger charge is -2.16. The van der Waals surface area contributed by atoms with Gasteiger partial charge in [-0.1, -0.05) is 18.2 Å². The molecule has 2 aromatic carbocycles. The van der Waals surface area contributed by atoms with Crippen molar-refractivity contribution in [1.82, 2.24) is 5.32 Å². The van der Waals surface area contributed by atoms with Gasteiger partial charge in [-0.15, -0.1) is 0 Å². The number of aliphatic carboxylic acids is 1. The summed E-state index contributed by atoms with van der Waals surface area (Å²) in [6.07, 6.45) is 0.332. The van der Waals surface area contributed by atoms with Crippen LogP contribution < -0.4 is 24.8 Å². The molecule has 1 amide bonds. The summed E-state index contributed by atoms with van der Waals surface area (Å²) in [6, 6.07) is 11.3. The molecule has 8 heteroatoms. The number of benzene rings is 2. The number of anilines is 1. The third-order valence-electron chi connectivity index (χ3n) is 4.52. The molecule has 0 aliphatic carbocycles. The number of carbonyl (C=O) groups excluding carboxylic acids is 1. The Hall–Kier alpha value is -3.26. The fourth-order valence-corrected chi connectivity index (χ4v) is 2.98. The Morgan fingerprint density at radius 2 is 1.60 bits per heavy atom. The lowest BCUT2D eigenvalue weighted by atomic mass is 10.1. The van der Waals surface area contributed by atoms with Crippen molar-refractivity contribution in [2.75, 3.05) is 33.2 Å². The lowest BCUT2D eigenvalue weighted by Crippen LogP contribution is -2.18. The minimum absolute atomic E-state index is 0.116. The predicted octanol–water partition coefficient (Wildman–Crippen LogP) is 2.85. The van der Waals surface area contributed by atoms with Gasteiger partial charge in [-0.2, -0.15) is 0 Å². The molecule has 0 saturated carbocycles. The quantitative estimate of drug-likeness (QED) is 0.457. The normalized spacial score (nSPS) is 10.4. The van der Waals surface area contributed by atoms with Gasteiger partial charge >= 0.3 is 5.97 Å². The lowest BCUT2D eigenvalue weighted by molar-refractivity contribution is -0.138. The van der Waals surface area contributed by atoms with Crippen molar-refractivity contribution in [2.45, 2.75) is 25.8 Å². The first-order valence-corrected chi connectivity index (χ1v) is 9.57. The summed E-state index contributed by atoms with van der Waals surface area (Å²) in [7, 11) is 4.72. The summed E-state index contributed by atoms with van der Waals surface area (Å²) in [5.74, 6) is 0.518. The summed E-state index contributed by atoms with van der Waals surface area (Å²) in [5.41, 5.74) is 2.44. The van der Waals surface area contributed by atoms with Gasteiger partial charge in [-0.25, -0.2) is 0 Å². The van der Waals surface area contributed by atoms with E-state index in [0.717, 1.165) is 16.9 Å². The Morgan fingerprint density at radius 3 is 2.27 bits per heavy atom. The summed E-state index contributed by atoms with van der Waals surface area (Å²) >= 11 is 0. The summed E-state index contributed by atoms with van der Waals surface area (Å²) in [4.78, 5) is 22.6. The highest BCUT2D eigenvalue weighted by Crippen LogP contribution is 2.33. The van der Waals surface area contributed by atoms with E-state index in [0.29, 0.717) is 36.7 Å². The van der Waals surface area contributed by atoms with Gasteiger partial charge in [0.15, 0.2) is 0 Å². The molecule has 2 rings (SSSR count). The van der Waals surface area contributed by atoms with Gasteiger partial charge in [0, 0.05) is 24.6 Å². The van der Waals surface area contributed by atoms with Gasteiger partial charge < -0.3 is 30.0 Å². The molecule has 0 atom stereocenters. The molecule has 8 nitrogen and oxygen atoms in total. The molecular weight excluding hydrogens is 388 g/mol. The van der Waals surface area contributed by atoms with Crippen LogP contribution in [0.15, 0.2) is 36.4 Å². The SMILES string of the molecule is COc1cc(NC(=O)CCC(=O)O)c(OC)cc1CCNCc1ccccc1OC. The van der Waals surface area contributed by atoms with E-state index in [2.05, 4.69) is 10.6 Å². The van der Waals surface area contributed by atoms with Crippen molar-refractivity contribution in [3.63, 3.8) is 0 Å². The standard InChI is InChI=1S/C22H28N2O6/c1-28-18-7-5-4-6-16(18)14-23-11-10-15-12-20(30-3)17(13-19(15)29-2)24-21(25)8-9-22(26)27/h4-7,12-13,23H,8-11,14H2,1-3H3,(H,24,25)(H,26,27). The van der Waals surface area contributed by atoms with E-state index in [1.54, 1.807) is 20.3 Å². The van der Waals surface area contributed by atoms with Gasteiger partial charge in [0.1, 0.15) is 17.2 Å². The zero-order chi connectivity index (χ0) is 21.9. The van der Waals surface area contributed by atoms with E-state index >= 15 is 0 Å². The monoisotopic (exact) mass is 416 g/mol. The number of nitrogens with one attached hydrogen (secondary N) is 2. The van der Waals surface area contributed by atoms with Gasteiger partial charge in [-0.05, 0) is 30.7 Å². The number of hydrogen-bond donors (Lipinski definition) is 3. The Bertz CT molecular complexity index is 869. The number of methoxy groups -OCH3 is 3. The van der Waals surface area contributed by atoms with E-state index in [9.17, 15) is 9.59 Å². The van der Waals surface area contributed by atoms with E-state index in [1.807, 2.05) is 30.3 Å². The molecule has 0 unspecified atom stereocenters. The van der Waals surface area contributed by atoms with Crippen LogP contribution in [0.4, 0.5) is 5.69 Å². The molecule has 30 heavy (non-hydrogen) atoms. The van der Waals surface area contributed by atoms with Crippen LogP contribution in [-0.2, 0) is 22.6 Å². The van der Waals surface area contributed by atoms with E-state index in [-0.39, 0.29) is 12.8 Å². The average Bonchev–Trinajstić information content (AvgIpc) is 2.75. The maximum atomic E-state index is 12.0. The first-order valence-electron chi connectivity index (χ1n) is 9.57. The van der Waals surface area contributed by atoms with Crippen molar-refractivity contribution >= 4 is 17.6 Å². The average molecular weight is 416 g/mol. The number of hydrogen-bond acceptors (Lipinski definition) is 6. The Balaban J connectivity index is 2.02. The molecule has 0 fully saturated rings. The zero-order valence-corrected chi connectivity index (χ0v) is 17.5.